The highest BCUT2D eigenvalue weighted by Crippen LogP contribution is 2.25. The molecule has 0 aliphatic carbocycles. The molecule has 90 valence electrons. The van der Waals surface area contributed by atoms with Crippen LogP contribution >= 0.6 is 11.3 Å². The molecule has 0 saturated carbocycles. The van der Waals surface area contributed by atoms with Crippen molar-refractivity contribution in [1.29, 1.82) is 0 Å². The summed E-state index contributed by atoms with van der Waals surface area (Å²) in [6.45, 7) is 2.14. The standard InChI is InChI=1S/C15H19NS/c1-12-10-11-17-15(12)14(16)9-5-8-13-6-3-2-4-7-13/h2-4,6-7,10-11,14H,5,8-9,16H2,1H3. The topological polar surface area (TPSA) is 26.0 Å². The van der Waals surface area contributed by atoms with E-state index in [1.807, 2.05) is 0 Å². The van der Waals surface area contributed by atoms with Gasteiger partial charge in [-0.25, -0.2) is 0 Å². The lowest BCUT2D eigenvalue weighted by Gasteiger charge is -2.10. The number of thiophene rings is 1. The van der Waals surface area contributed by atoms with E-state index in [1.54, 1.807) is 11.3 Å². The number of hydrogen-bond acceptors (Lipinski definition) is 2. The zero-order valence-electron chi connectivity index (χ0n) is 10.2. The summed E-state index contributed by atoms with van der Waals surface area (Å²) in [5, 5.41) is 2.13. The molecule has 1 aromatic carbocycles. The summed E-state index contributed by atoms with van der Waals surface area (Å²) in [5.74, 6) is 0. The van der Waals surface area contributed by atoms with E-state index >= 15 is 0 Å². The predicted octanol–water partition coefficient (Wildman–Crippen LogP) is 4.08. The Hall–Kier alpha value is -1.12. The second-order valence-electron chi connectivity index (χ2n) is 4.45. The number of aryl methyl sites for hydroxylation is 2. The van der Waals surface area contributed by atoms with E-state index < -0.39 is 0 Å². The maximum atomic E-state index is 6.21. The van der Waals surface area contributed by atoms with Crippen molar-refractivity contribution in [3.8, 4) is 0 Å². The molecule has 2 aromatic rings. The Morgan fingerprint density at radius 2 is 1.94 bits per heavy atom. The molecule has 1 heterocycles. The quantitative estimate of drug-likeness (QED) is 0.844. The molecular weight excluding hydrogens is 226 g/mol. The molecule has 0 amide bonds. The Bertz CT molecular complexity index is 447. The lowest BCUT2D eigenvalue weighted by molar-refractivity contribution is 0.617. The van der Waals surface area contributed by atoms with Gasteiger partial charge in [-0.2, -0.15) is 0 Å². The van der Waals surface area contributed by atoms with Gasteiger partial charge in [-0.15, -0.1) is 11.3 Å². The molecule has 1 nitrogen and oxygen atoms in total. The minimum absolute atomic E-state index is 0.207. The minimum atomic E-state index is 0.207. The van der Waals surface area contributed by atoms with E-state index in [-0.39, 0.29) is 6.04 Å². The molecule has 0 aliphatic heterocycles. The Morgan fingerprint density at radius 3 is 2.59 bits per heavy atom. The molecule has 0 fully saturated rings. The smallest absolute Gasteiger partial charge is 0.0392 e. The number of hydrogen-bond donors (Lipinski definition) is 1. The highest BCUT2D eigenvalue weighted by atomic mass is 32.1. The fourth-order valence-corrected chi connectivity index (χ4v) is 3.03. The summed E-state index contributed by atoms with van der Waals surface area (Å²) >= 11 is 1.78. The fraction of sp³-hybridized carbons (Fsp3) is 0.333. The first-order valence-electron chi connectivity index (χ1n) is 6.11. The van der Waals surface area contributed by atoms with Crippen LogP contribution in [0.25, 0.3) is 0 Å². The predicted molar refractivity (Wildman–Crippen MR) is 75.4 cm³/mol. The molecule has 2 N–H and O–H groups in total. The summed E-state index contributed by atoms with van der Waals surface area (Å²) < 4.78 is 0. The summed E-state index contributed by atoms with van der Waals surface area (Å²) in [4.78, 5) is 1.35. The maximum Gasteiger partial charge on any atom is 0.0392 e. The average Bonchev–Trinajstić information content (AvgIpc) is 2.77. The van der Waals surface area contributed by atoms with Crippen LogP contribution in [0, 0.1) is 6.92 Å². The Kier molecular flexibility index (Phi) is 4.35. The molecule has 1 atom stereocenters. The first-order chi connectivity index (χ1) is 8.27. The van der Waals surface area contributed by atoms with Gasteiger partial charge in [0.25, 0.3) is 0 Å². The van der Waals surface area contributed by atoms with E-state index in [0.29, 0.717) is 0 Å². The highest BCUT2D eigenvalue weighted by molar-refractivity contribution is 7.10. The van der Waals surface area contributed by atoms with Gasteiger partial charge in [0, 0.05) is 10.9 Å². The molecule has 2 heteroatoms. The maximum absolute atomic E-state index is 6.21. The van der Waals surface area contributed by atoms with Gasteiger partial charge in [0.1, 0.15) is 0 Å². The average molecular weight is 245 g/mol. The van der Waals surface area contributed by atoms with Crippen molar-refractivity contribution >= 4 is 11.3 Å². The number of benzene rings is 1. The van der Waals surface area contributed by atoms with Crippen molar-refractivity contribution in [2.75, 3.05) is 0 Å². The van der Waals surface area contributed by atoms with Crippen molar-refractivity contribution in [2.24, 2.45) is 5.73 Å². The Balaban J connectivity index is 1.81. The summed E-state index contributed by atoms with van der Waals surface area (Å²) in [6, 6.07) is 13.0. The SMILES string of the molecule is Cc1ccsc1C(N)CCCc1ccccc1. The van der Waals surface area contributed by atoms with Crippen molar-refractivity contribution in [3.63, 3.8) is 0 Å². The van der Waals surface area contributed by atoms with Crippen LogP contribution in [-0.2, 0) is 6.42 Å². The van der Waals surface area contributed by atoms with Crippen LogP contribution in [0.3, 0.4) is 0 Å². The molecule has 0 aliphatic rings. The molecule has 0 saturated heterocycles. The van der Waals surface area contributed by atoms with Gasteiger partial charge in [-0.3, -0.25) is 0 Å². The van der Waals surface area contributed by atoms with Gasteiger partial charge in [-0.1, -0.05) is 30.3 Å². The molecule has 1 unspecified atom stereocenters. The van der Waals surface area contributed by atoms with Crippen LogP contribution in [0.5, 0.6) is 0 Å². The highest BCUT2D eigenvalue weighted by Gasteiger charge is 2.09. The third kappa shape index (κ3) is 3.42. The van der Waals surface area contributed by atoms with E-state index in [2.05, 4.69) is 48.7 Å². The Labute approximate surface area is 107 Å². The van der Waals surface area contributed by atoms with Crippen molar-refractivity contribution in [3.05, 3.63) is 57.8 Å². The van der Waals surface area contributed by atoms with Crippen LogP contribution in [0.4, 0.5) is 0 Å². The first-order valence-corrected chi connectivity index (χ1v) is 6.99. The van der Waals surface area contributed by atoms with Crippen molar-refractivity contribution in [2.45, 2.75) is 32.2 Å². The van der Waals surface area contributed by atoms with Gasteiger partial charge in [0.2, 0.25) is 0 Å². The van der Waals surface area contributed by atoms with E-state index in [4.69, 9.17) is 5.73 Å². The van der Waals surface area contributed by atoms with Gasteiger partial charge < -0.3 is 5.73 Å². The third-order valence-corrected chi connectivity index (χ3v) is 4.21. The zero-order valence-corrected chi connectivity index (χ0v) is 11.0. The van der Waals surface area contributed by atoms with Gasteiger partial charge >= 0.3 is 0 Å². The van der Waals surface area contributed by atoms with Gasteiger partial charge in [0.15, 0.2) is 0 Å². The molecule has 0 spiro atoms. The second-order valence-corrected chi connectivity index (χ2v) is 5.40. The number of rotatable bonds is 5. The third-order valence-electron chi connectivity index (χ3n) is 3.06. The normalized spacial score (nSPS) is 12.6. The molecule has 17 heavy (non-hydrogen) atoms. The fourth-order valence-electron chi connectivity index (χ4n) is 2.07. The van der Waals surface area contributed by atoms with Crippen LogP contribution in [-0.4, -0.2) is 0 Å². The molecule has 0 radical (unpaired) electrons. The summed E-state index contributed by atoms with van der Waals surface area (Å²) in [6.07, 6.45) is 3.34. The Morgan fingerprint density at radius 1 is 1.18 bits per heavy atom. The lowest BCUT2D eigenvalue weighted by atomic mass is 10.0. The minimum Gasteiger partial charge on any atom is -0.323 e. The van der Waals surface area contributed by atoms with Crippen LogP contribution < -0.4 is 5.73 Å². The molecule has 2 rings (SSSR count). The largest absolute Gasteiger partial charge is 0.323 e. The first kappa shape index (κ1) is 12.3. The van der Waals surface area contributed by atoms with Crippen molar-refractivity contribution in [1.82, 2.24) is 0 Å². The van der Waals surface area contributed by atoms with Crippen LogP contribution in [0.1, 0.15) is 34.9 Å². The van der Waals surface area contributed by atoms with E-state index in [0.717, 1.165) is 19.3 Å². The molecular formula is C15H19NS. The zero-order chi connectivity index (χ0) is 12.1. The van der Waals surface area contributed by atoms with Gasteiger partial charge in [-0.05, 0) is 48.8 Å². The second kappa shape index (κ2) is 5.99. The summed E-state index contributed by atoms with van der Waals surface area (Å²) in [5.41, 5.74) is 8.96. The van der Waals surface area contributed by atoms with Crippen LogP contribution in [0.2, 0.25) is 0 Å². The molecule has 0 bridgehead atoms. The molecule has 1 aromatic heterocycles. The summed E-state index contributed by atoms with van der Waals surface area (Å²) in [7, 11) is 0. The van der Waals surface area contributed by atoms with Crippen molar-refractivity contribution < 1.29 is 0 Å². The number of nitrogens with two attached hydrogens (primary N) is 1. The monoisotopic (exact) mass is 245 g/mol. The van der Waals surface area contributed by atoms with Crippen LogP contribution in [0.15, 0.2) is 41.8 Å². The van der Waals surface area contributed by atoms with E-state index in [9.17, 15) is 0 Å². The van der Waals surface area contributed by atoms with Gasteiger partial charge in [0.05, 0.1) is 0 Å². The lowest BCUT2D eigenvalue weighted by Crippen LogP contribution is -2.09. The van der Waals surface area contributed by atoms with E-state index in [1.165, 1.54) is 16.0 Å².